The average Bonchev–Trinajstić information content (AvgIpc) is 3.28. The number of Topliss-reactive ketones (excluding diaryl/α,β-unsaturated/α-hetero) is 1. The molecule has 8 heteroatoms. The molecule has 8 nitrogen and oxygen atoms in total. The van der Waals surface area contributed by atoms with Crippen LogP contribution in [0.1, 0.15) is 67.7 Å². The molecule has 4 N–H and O–H groups in total. The molecule has 1 aromatic heterocycles. The van der Waals surface area contributed by atoms with Gasteiger partial charge in [0.25, 0.3) is 0 Å². The van der Waals surface area contributed by atoms with Crippen molar-refractivity contribution in [2.24, 2.45) is 11.7 Å². The predicted molar refractivity (Wildman–Crippen MR) is 154 cm³/mol. The molecule has 40 heavy (non-hydrogen) atoms. The summed E-state index contributed by atoms with van der Waals surface area (Å²) in [5.74, 6) is 1.41. The third-order valence-corrected chi connectivity index (χ3v) is 7.64. The smallest absolute Gasteiger partial charge is 0.163 e. The summed E-state index contributed by atoms with van der Waals surface area (Å²) in [6.07, 6.45) is -0.408. The number of hydrogen-bond acceptors (Lipinski definition) is 8. The molecule has 214 valence electrons. The van der Waals surface area contributed by atoms with E-state index in [2.05, 4.69) is 13.8 Å². The first-order valence-electron chi connectivity index (χ1n) is 13.6. The van der Waals surface area contributed by atoms with Gasteiger partial charge in [0.2, 0.25) is 0 Å². The molecule has 0 bridgehead atoms. The fraction of sp³-hybridized carbons (Fsp3) is 0.438. The van der Waals surface area contributed by atoms with Crippen LogP contribution in [0.25, 0.3) is 11.3 Å². The SMILES string of the molecule is COc1cc(C(=O)CCC(C)(O)c2cc3c(c(-c4ccc(C)cc4)n2)OCC3(N)C(C)C)ccc1OC[C@@H](C)O. The molecule has 1 aliphatic heterocycles. The number of aliphatic hydroxyl groups excluding tert-OH is 1. The van der Waals surface area contributed by atoms with Gasteiger partial charge in [0, 0.05) is 23.1 Å². The number of aliphatic hydroxyl groups is 2. The minimum absolute atomic E-state index is 0.0805. The highest BCUT2D eigenvalue weighted by Gasteiger charge is 2.43. The van der Waals surface area contributed by atoms with Crippen molar-refractivity contribution in [2.45, 2.75) is 64.7 Å². The summed E-state index contributed by atoms with van der Waals surface area (Å²) in [7, 11) is 1.49. The van der Waals surface area contributed by atoms with E-state index in [1.165, 1.54) is 7.11 Å². The highest BCUT2D eigenvalue weighted by Crippen LogP contribution is 2.46. The summed E-state index contributed by atoms with van der Waals surface area (Å²) in [4.78, 5) is 18.0. The summed E-state index contributed by atoms with van der Waals surface area (Å²) < 4.78 is 17.1. The second kappa shape index (κ2) is 11.6. The van der Waals surface area contributed by atoms with E-state index < -0.39 is 17.2 Å². The zero-order valence-electron chi connectivity index (χ0n) is 24.2. The molecule has 0 amide bonds. The van der Waals surface area contributed by atoms with E-state index in [9.17, 15) is 15.0 Å². The normalized spacial score (nSPS) is 18.6. The van der Waals surface area contributed by atoms with Gasteiger partial charge in [-0.1, -0.05) is 43.7 Å². The molecule has 0 radical (unpaired) electrons. The number of benzene rings is 2. The standard InChI is InChI=1S/C32H40N2O6/c1-19(2)32(33)18-40-30-24(32)16-28(34-29(30)22-9-7-20(3)8-10-22)31(5,37)14-13-25(36)23-11-12-26(27(15-23)38-6)39-17-21(4)35/h7-12,15-16,19,21,35,37H,13-14,17-18,33H2,1-6H3/t21-,31?,32?/m1/s1. The van der Waals surface area contributed by atoms with Crippen molar-refractivity contribution in [1.82, 2.24) is 4.98 Å². The maximum atomic E-state index is 13.2. The van der Waals surface area contributed by atoms with Gasteiger partial charge in [-0.15, -0.1) is 0 Å². The largest absolute Gasteiger partial charge is 0.493 e. The number of rotatable bonds is 11. The van der Waals surface area contributed by atoms with Crippen LogP contribution in [-0.4, -0.2) is 47.4 Å². The molecule has 3 atom stereocenters. The molecule has 3 aromatic rings. The second-order valence-corrected chi connectivity index (χ2v) is 11.3. The van der Waals surface area contributed by atoms with Crippen molar-refractivity contribution in [3.05, 3.63) is 70.9 Å². The van der Waals surface area contributed by atoms with Crippen LogP contribution in [0.5, 0.6) is 17.2 Å². The molecular weight excluding hydrogens is 508 g/mol. The van der Waals surface area contributed by atoms with Crippen LogP contribution in [0.15, 0.2) is 48.5 Å². The highest BCUT2D eigenvalue weighted by molar-refractivity contribution is 5.96. The van der Waals surface area contributed by atoms with E-state index in [1.54, 1.807) is 32.0 Å². The average molecular weight is 549 g/mol. The van der Waals surface area contributed by atoms with Gasteiger partial charge >= 0.3 is 0 Å². The Morgan fingerprint density at radius 3 is 2.48 bits per heavy atom. The Hall–Kier alpha value is -3.46. The van der Waals surface area contributed by atoms with Gasteiger partial charge in [0.05, 0.1) is 24.4 Å². The fourth-order valence-corrected chi connectivity index (χ4v) is 4.76. The first-order valence-corrected chi connectivity index (χ1v) is 13.6. The van der Waals surface area contributed by atoms with E-state index >= 15 is 0 Å². The zero-order valence-corrected chi connectivity index (χ0v) is 24.2. The lowest BCUT2D eigenvalue weighted by Gasteiger charge is -2.29. The van der Waals surface area contributed by atoms with E-state index in [0.717, 1.165) is 16.7 Å². The molecule has 0 saturated carbocycles. The van der Waals surface area contributed by atoms with Crippen molar-refractivity contribution < 1.29 is 29.2 Å². The number of fused-ring (bicyclic) bond motifs is 1. The Morgan fingerprint density at radius 2 is 1.85 bits per heavy atom. The van der Waals surface area contributed by atoms with Crippen LogP contribution in [0.2, 0.25) is 0 Å². The summed E-state index contributed by atoms with van der Waals surface area (Å²) in [5.41, 5.74) is 9.02. The Kier molecular flexibility index (Phi) is 8.54. The summed E-state index contributed by atoms with van der Waals surface area (Å²) in [6, 6.07) is 14.7. The lowest BCUT2D eigenvalue weighted by Crippen LogP contribution is -2.43. The number of pyridine rings is 1. The van der Waals surface area contributed by atoms with E-state index in [0.29, 0.717) is 40.8 Å². The predicted octanol–water partition coefficient (Wildman–Crippen LogP) is 4.90. The van der Waals surface area contributed by atoms with Gasteiger partial charge < -0.3 is 30.2 Å². The molecule has 4 rings (SSSR count). The maximum Gasteiger partial charge on any atom is 0.163 e. The second-order valence-electron chi connectivity index (χ2n) is 11.3. The zero-order chi connectivity index (χ0) is 29.2. The van der Waals surface area contributed by atoms with E-state index in [1.807, 2.05) is 37.3 Å². The van der Waals surface area contributed by atoms with Crippen molar-refractivity contribution in [3.8, 4) is 28.5 Å². The van der Waals surface area contributed by atoms with Crippen LogP contribution < -0.4 is 19.9 Å². The number of hydrogen-bond donors (Lipinski definition) is 3. The molecule has 0 spiro atoms. The number of carbonyl (C=O) groups excluding carboxylic acids is 1. The molecule has 0 aliphatic carbocycles. The van der Waals surface area contributed by atoms with E-state index in [4.69, 9.17) is 24.9 Å². The number of nitrogens with two attached hydrogens (primary N) is 1. The van der Waals surface area contributed by atoms with Crippen LogP contribution in [0.3, 0.4) is 0 Å². The Balaban J connectivity index is 1.62. The Bertz CT molecular complexity index is 1370. The highest BCUT2D eigenvalue weighted by atomic mass is 16.5. The summed E-state index contributed by atoms with van der Waals surface area (Å²) in [6.45, 7) is 9.85. The molecular formula is C32H40N2O6. The molecule has 1 aliphatic rings. The third kappa shape index (κ3) is 5.99. The number of ether oxygens (including phenoxy) is 3. The van der Waals surface area contributed by atoms with Crippen LogP contribution >= 0.6 is 0 Å². The van der Waals surface area contributed by atoms with Crippen molar-refractivity contribution in [2.75, 3.05) is 20.3 Å². The van der Waals surface area contributed by atoms with Gasteiger partial charge in [-0.2, -0.15) is 0 Å². The fourth-order valence-electron chi connectivity index (χ4n) is 4.76. The Morgan fingerprint density at radius 1 is 1.15 bits per heavy atom. The maximum absolute atomic E-state index is 13.2. The van der Waals surface area contributed by atoms with Gasteiger partial charge in [0.15, 0.2) is 23.0 Å². The first-order chi connectivity index (χ1) is 18.9. The summed E-state index contributed by atoms with van der Waals surface area (Å²) >= 11 is 0. The van der Waals surface area contributed by atoms with Crippen molar-refractivity contribution in [3.63, 3.8) is 0 Å². The van der Waals surface area contributed by atoms with Crippen molar-refractivity contribution in [1.29, 1.82) is 0 Å². The minimum atomic E-state index is -1.41. The number of nitrogens with zero attached hydrogens (tertiary/aromatic N) is 1. The quantitative estimate of drug-likeness (QED) is 0.289. The van der Waals surface area contributed by atoms with Gasteiger partial charge in [-0.05, 0) is 57.4 Å². The third-order valence-electron chi connectivity index (χ3n) is 7.64. The van der Waals surface area contributed by atoms with Crippen LogP contribution in [-0.2, 0) is 11.1 Å². The number of carbonyl (C=O) groups is 1. The summed E-state index contributed by atoms with van der Waals surface area (Å²) in [5, 5.41) is 21.1. The molecule has 2 unspecified atom stereocenters. The van der Waals surface area contributed by atoms with Crippen LogP contribution in [0.4, 0.5) is 0 Å². The lowest BCUT2D eigenvalue weighted by molar-refractivity contribution is 0.0396. The number of methoxy groups -OCH3 is 1. The van der Waals surface area contributed by atoms with Gasteiger partial charge in [-0.25, -0.2) is 4.98 Å². The Labute approximate surface area is 236 Å². The molecule has 0 fully saturated rings. The lowest BCUT2D eigenvalue weighted by atomic mass is 9.80. The minimum Gasteiger partial charge on any atom is -0.493 e. The molecule has 0 saturated heterocycles. The number of ketones is 1. The monoisotopic (exact) mass is 548 g/mol. The van der Waals surface area contributed by atoms with Gasteiger partial charge in [0.1, 0.15) is 24.5 Å². The van der Waals surface area contributed by atoms with Crippen LogP contribution in [0, 0.1) is 12.8 Å². The van der Waals surface area contributed by atoms with E-state index in [-0.39, 0.29) is 31.1 Å². The number of aromatic nitrogens is 1. The topological polar surface area (TPSA) is 124 Å². The van der Waals surface area contributed by atoms with Crippen molar-refractivity contribution >= 4 is 5.78 Å². The molecule has 2 aromatic carbocycles. The molecule has 2 heterocycles. The number of aryl methyl sites for hydroxylation is 1. The van der Waals surface area contributed by atoms with Gasteiger partial charge in [-0.3, -0.25) is 4.79 Å². The first kappa shape index (κ1) is 29.5.